The Labute approximate surface area is 229 Å². The molecule has 1 aromatic heterocycles. The molecule has 0 saturated heterocycles. The Bertz CT molecular complexity index is 1250. The maximum atomic E-state index is 13.9. The van der Waals surface area contributed by atoms with Gasteiger partial charge in [-0.25, -0.2) is 0 Å². The van der Waals surface area contributed by atoms with Gasteiger partial charge in [0.25, 0.3) is 5.91 Å². The smallest absolute Gasteiger partial charge is 0.290 e. The summed E-state index contributed by atoms with van der Waals surface area (Å²) in [5.41, 5.74) is 1.53. The second kappa shape index (κ2) is 13.1. The van der Waals surface area contributed by atoms with Crippen LogP contribution in [0.2, 0.25) is 0 Å². The molecule has 9 heteroatoms. The van der Waals surface area contributed by atoms with E-state index in [2.05, 4.69) is 5.32 Å². The standard InChI is InChI=1S/C30H36N2O7/c1-35-23-13-11-20(18-26(23)37-3)15-16-32(30(34)25-10-7-17-39-25)28(29(33)31-22-8-5-6-9-22)21-12-14-24(36-2)27(19-21)38-4/h7,10-14,17-19,22,28H,5-6,8-9,15-16H2,1-4H3,(H,31,33). The fraction of sp³-hybridized carbons (Fsp3) is 0.400. The van der Waals surface area contributed by atoms with Crippen LogP contribution in [0, 0.1) is 0 Å². The van der Waals surface area contributed by atoms with Gasteiger partial charge in [-0.15, -0.1) is 0 Å². The van der Waals surface area contributed by atoms with E-state index in [4.69, 9.17) is 23.4 Å². The molecule has 208 valence electrons. The summed E-state index contributed by atoms with van der Waals surface area (Å²) >= 11 is 0. The number of furan rings is 1. The highest BCUT2D eigenvalue weighted by molar-refractivity contribution is 5.96. The van der Waals surface area contributed by atoms with Crippen LogP contribution >= 0.6 is 0 Å². The van der Waals surface area contributed by atoms with Crippen LogP contribution in [-0.2, 0) is 11.2 Å². The van der Waals surface area contributed by atoms with Crippen LogP contribution < -0.4 is 24.3 Å². The first-order chi connectivity index (χ1) is 19.0. The fourth-order valence-electron chi connectivity index (χ4n) is 5.02. The molecule has 0 aliphatic heterocycles. The summed E-state index contributed by atoms with van der Waals surface area (Å²) in [5, 5.41) is 3.18. The highest BCUT2D eigenvalue weighted by Gasteiger charge is 2.35. The Morgan fingerprint density at radius 3 is 2.15 bits per heavy atom. The second-order valence-corrected chi connectivity index (χ2v) is 9.42. The van der Waals surface area contributed by atoms with Gasteiger partial charge in [0.2, 0.25) is 5.91 Å². The van der Waals surface area contributed by atoms with Gasteiger partial charge in [0.05, 0.1) is 34.7 Å². The van der Waals surface area contributed by atoms with E-state index >= 15 is 0 Å². The van der Waals surface area contributed by atoms with E-state index in [0.717, 1.165) is 31.2 Å². The van der Waals surface area contributed by atoms with Crippen LogP contribution in [0.5, 0.6) is 23.0 Å². The number of hydrogen-bond acceptors (Lipinski definition) is 7. The van der Waals surface area contributed by atoms with E-state index in [1.807, 2.05) is 18.2 Å². The third kappa shape index (κ3) is 6.47. The summed E-state index contributed by atoms with van der Waals surface area (Å²) in [7, 11) is 6.25. The van der Waals surface area contributed by atoms with Crippen LogP contribution in [0.1, 0.15) is 53.4 Å². The molecule has 2 amide bonds. The van der Waals surface area contributed by atoms with E-state index in [1.165, 1.54) is 13.4 Å². The SMILES string of the molecule is COc1ccc(CCN(C(=O)c2ccco2)C(C(=O)NC2CCCC2)c2ccc(OC)c(OC)c2)cc1OC. The Hall–Kier alpha value is -4.14. The number of rotatable bonds is 12. The maximum Gasteiger partial charge on any atom is 0.290 e. The minimum absolute atomic E-state index is 0.0755. The number of nitrogens with one attached hydrogen (secondary N) is 1. The number of methoxy groups -OCH3 is 4. The Morgan fingerprint density at radius 2 is 1.54 bits per heavy atom. The number of carbonyl (C=O) groups is 2. The molecule has 1 fully saturated rings. The van der Waals surface area contributed by atoms with Crippen LogP contribution in [0.4, 0.5) is 0 Å². The van der Waals surface area contributed by atoms with E-state index in [0.29, 0.717) is 35.0 Å². The topological polar surface area (TPSA) is 99.5 Å². The summed E-state index contributed by atoms with van der Waals surface area (Å²) in [4.78, 5) is 29.3. The molecule has 3 aromatic rings. The van der Waals surface area contributed by atoms with Gasteiger partial charge in [-0.3, -0.25) is 9.59 Å². The molecular weight excluding hydrogens is 500 g/mol. The highest BCUT2D eigenvalue weighted by Crippen LogP contribution is 2.34. The summed E-state index contributed by atoms with van der Waals surface area (Å²) in [6.07, 6.45) is 5.89. The van der Waals surface area contributed by atoms with Gasteiger partial charge in [-0.1, -0.05) is 25.0 Å². The number of hydrogen-bond donors (Lipinski definition) is 1. The summed E-state index contributed by atoms with van der Waals surface area (Å²) < 4.78 is 27.2. The molecule has 0 bridgehead atoms. The molecule has 9 nitrogen and oxygen atoms in total. The second-order valence-electron chi connectivity index (χ2n) is 9.42. The van der Waals surface area contributed by atoms with Crippen molar-refractivity contribution in [2.75, 3.05) is 35.0 Å². The quantitative estimate of drug-likeness (QED) is 0.355. The Balaban J connectivity index is 1.73. The number of carbonyl (C=O) groups excluding carboxylic acids is 2. The maximum absolute atomic E-state index is 13.9. The molecule has 1 unspecified atom stereocenters. The third-order valence-corrected chi connectivity index (χ3v) is 7.07. The highest BCUT2D eigenvalue weighted by atomic mass is 16.5. The predicted octanol–water partition coefficient (Wildman–Crippen LogP) is 4.80. The Morgan fingerprint density at radius 1 is 0.897 bits per heavy atom. The molecule has 1 N–H and O–H groups in total. The predicted molar refractivity (Wildman–Crippen MR) is 146 cm³/mol. The number of nitrogens with zero attached hydrogens (tertiary/aromatic N) is 1. The van der Waals surface area contributed by atoms with Crippen molar-refractivity contribution < 1.29 is 33.0 Å². The lowest BCUT2D eigenvalue weighted by Gasteiger charge is -2.32. The van der Waals surface area contributed by atoms with Crippen LogP contribution in [0.15, 0.2) is 59.2 Å². The Kier molecular flexibility index (Phi) is 9.35. The fourth-order valence-corrected chi connectivity index (χ4v) is 5.02. The molecule has 1 aliphatic carbocycles. The van der Waals surface area contributed by atoms with Gasteiger partial charge in [-0.2, -0.15) is 0 Å². The zero-order valence-corrected chi connectivity index (χ0v) is 22.9. The monoisotopic (exact) mass is 536 g/mol. The largest absolute Gasteiger partial charge is 0.493 e. The van der Waals surface area contributed by atoms with Gasteiger partial charge in [-0.05, 0) is 66.8 Å². The van der Waals surface area contributed by atoms with E-state index in [1.54, 1.807) is 56.6 Å². The molecule has 1 aliphatic rings. The van der Waals surface area contributed by atoms with E-state index in [-0.39, 0.29) is 30.2 Å². The van der Waals surface area contributed by atoms with Crippen LogP contribution in [0.25, 0.3) is 0 Å². The van der Waals surface area contributed by atoms with Crippen molar-refractivity contribution in [1.29, 1.82) is 0 Å². The van der Waals surface area contributed by atoms with Crippen molar-refractivity contribution in [1.82, 2.24) is 10.2 Å². The van der Waals surface area contributed by atoms with Gasteiger partial charge >= 0.3 is 0 Å². The lowest BCUT2D eigenvalue weighted by atomic mass is 10.0. The van der Waals surface area contributed by atoms with Crippen molar-refractivity contribution in [3.63, 3.8) is 0 Å². The zero-order chi connectivity index (χ0) is 27.8. The minimum Gasteiger partial charge on any atom is -0.493 e. The van der Waals surface area contributed by atoms with Gasteiger partial charge in [0.15, 0.2) is 28.8 Å². The van der Waals surface area contributed by atoms with Crippen molar-refractivity contribution in [3.05, 3.63) is 71.7 Å². The molecule has 0 radical (unpaired) electrons. The molecule has 1 heterocycles. The molecular formula is C30H36N2O7. The van der Waals surface area contributed by atoms with Gasteiger partial charge in [0.1, 0.15) is 6.04 Å². The minimum atomic E-state index is -0.928. The van der Waals surface area contributed by atoms with Gasteiger partial charge in [0, 0.05) is 12.6 Å². The zero-order valence-electron chi connectivity index (χ0n) is 22.9. The van der Waals surface area contributed by atoms with Crippen molar-refractivity contribution in [2.45, 2.75) is 44.2 Å². The summed E-state index contributed by atoms with van der Waals surface area (Å²) in [5.74, 6) is 1.73. The van der Waals surface area contributed by atoms with E-state index < -0.39 is 6.04 Å². The molecule has 1 saturated carbocycles. The van der Waals surface area contributed by atoms with E-state index in [9.17, 15) is 9.59 Å². The van der Waals surface area contributed by atoms with Crippen LogP contribution in [0.3, 0.4) is 0 Å². The lowest BCUT2D eigenvalue weighted by molar-refractivity contribution is -0.126. The van der Waals surface area contributed by atoms with Gasteiger partial charge < -0.3 is 33.6 Å². The first kappa shape index (κ1) is 27.9. The number of benzene rings is 2. The summed E-state index contributed by atoms with van der Waals surface area (Å²) in [6, 6.07) is 13.3. The normalized spacial score (nSPS) is 13.9. The summed E-state index contributed by atoms with van der Waals surface area (Å²) in [6.45, 7) is 0.242. The average Bonchev–Trinajstić information content (AvgIpc) is 3.69. The van der Waals surface area contributed by atoms with Crippen molar-refractivity contribution in [2.24, 2.45) is 0 Å². The van der Waals surface area contributed by atoms with Crippen molar-refractivity contribution in [3.8, 4) is 23.0 Å². The molecule has 1 atom stereocenters. The lowest BCUT2D eigenvalue weighted by Crippen LogP contribution is -2.46. The first-order valence-corrected chi connectivity index (χ1v) is 13.1. The molecule has 39 heavy (non-hydrogen) atoms. The van der Waals surface area contributed by atoms with Crippen molar-refractivity contribution >= 4 is 11.8 Å². The third-order valence-electron chi connectivity index (χ3n) is 7.07. The molecule has 4 rings (SSSR count). The number of ether oxygens (including phenoxy) is 4. The molecule has 2 aromatic carbocycles. The first-order valence-electron chi connectivity index (χ1n) is 13.1. The number of amides is 2. The van der Waals surface area contributed by atoms with Crippen LogP contribution in [-0.4, -0.2) is 57.7 Å². The molecule has 0 spiro atoms. The average molecular weight is 537 g/mol.